The first-order chi connectivity index (χ1) is 6.50. The Labute approximate surface area is 85.8 Å². The summed E-state index contributed by atoms with van der Waals surface area (Å²) in [5, 5.41) is 0.0481. The van der Waals surface area contributed by atoms with E-state index < -0.39 is 10.8 Å². The van der Waals surface area contributed by atoms with Crippen LogP contribution in [0.2, 0.25) is 0 Å². The van der Waals surface area contributed by atoms with Gasteiger partial charge >= 0.3 is 0 Å². The SMILES string of the molecule is CC(C)S(=O)Cc1ccc(N)cc1F. The summed E-state index contributed by atoms with van der Waals surface area (Å²) in [5.74, 6) is -0.122. The third kappa shape index (κ3) is 2.80. The highest BCUT2D eigenvalue weighted by atomic mass is 32.2. The molecular formula is C10H14FNOS. The molecule has 0 amide bonds. The monoisotopic (exact) mass is 215 g/mol. The van der Waals surface area contributed by atoms with Crippen LogP contribution in [-0.4, -0.2) is 9.46 Å². The van der Waals surface area contributed by atoms with Gasteiger partial charge in [0.05, 0.1) is 5.75 Å². The van der Waals surface area contributed by atoms with Gasteiger partial charge in [-0.25, -0.2) is 4.39 Å². The van der Waals surface area contributed by atoms with Crippen LogP contribution in [0.3, 0.4) is 0 Å². The predicted octanol–water partition coefficient (Wildman–Crippen LogP) is 2.06. The second-order valence-corrected chi connectivity index (χ2v) is 5.42. The first-order valence-electron chi connectivity index (χ1n) is 4.41. The van der Waals surface area contributed by atoms with Crippen LogP contribution in [0.5, 0.6) is 0 Å². The fraction of sp³-hybridized carbons (Fsp3) is 0.400. The van der Waals surface area contributed by atoms with E-state index in [0.29, 0.717) is 11.3 Å². The highest BCUT2D eigenvalue weighted by Crippen LogP contribution is 2.14. The van der Waals surface area contributed by atoms with Crippen molar-refractivity contribution in [2.75, 3.05) is 5.73 Å². The Balaban J connectivity index is 2.82. The van der Waals surface area contributed by atoms with Crippen molar-refractivity contribution >= 4 is 16.5 Å². The summed E-state index contributed by atoms with van der Waals surface area (Å²) in [6.07, 6.45) is 0. The summed E-state index contributed by atoms with van der Waals surface area (Å²) >= 11 is 0. The van der Waals surface area contributed by atoms with E-state index in [0.717, 1.165) is 0 Å². The molecule has 1 rings (SSSR count). The molecule has 14 heavy (non-hydrogen) atoms. The minimum Gasteiger partial charge on any atom is -0.399 e. The molecule has 0 radical (unpaired) electrons. The Hall–Kier alpha value is -0.900. The molecule has 0 bridgehead atoms. The summed E-state index contributed by atoms with van der Waals surface area (Å²) in [5.41, 5.74) is 6.26. The lowest BCUT2D eigenvalue weighted by Gasteiger charge is -2.06. The molecule has 0 aliphatic rings. The second kappa shape index (κ2) is 4.55. The summed E-state index contributed by atoms with van der Waals surface area (Å²) in [7, 11) is -1.02. The maximum atomic E-state index is 13.3. The molecular weight excluding hydrogens is 201 g/mol. The molecule has 0 aliphatic carbocycles. The molecule has 0 aliphatic heterocycles. The summed E-state index contributed by atoms with van der Waals surface area (Å²) in [6.45, 7) is 3.70. The van der Waals surface area contributed by atoms with Crippen LogP contribution in [0.4, 0.5) is 10.1 Å². The Kier molecular flexibility index (Phi) is 3.63. The first-order valence-corrected chi connectivity index (χ1v) is 5.80. The van der Waals surface area contributed by atoms with Crippen LogP contribution in [0.15, 0.2) is 18.2 Å². The standard InChI is InChI=1S/C10H14FNOS/c1-7(2)14(13)6-8-3-4-9(12)5-10(8)11/h3-5,7H,6,12H2,1-2H3. The predicted molar refractivity (Wildman–Crippen MR) is 57.8 cm³/mol. The molecule has 0 saturated carbocycles. The van der Waals surface area contributed by atoms with Crippen molar-refractivity contribution < 1.29 is 8.60 Å². The third-order valence-corrected chi connectivity index (χ3v) is 3.55. The van der Waals surface area contributed by atoms with Crippen molar-refractivity contribution in [3.05, 3.63) is 29.6 Å². The topological polar surface area (TPSA) is 43.1 Å². The van der Waals surface area contributed by atoms with Gasteiger partial charge in [0.1, 0.15) is 5.82 Å². The molecule has 2 N–H and O–H groups in total. The fourth-order valence-electron chi connectivity index (χ4n) is 1.00. The second-order valence-electron chi connectivity index (χ2n) is 3.42. The Morgan fingerprint density at radius 1 is 1.50 bits per heavy atom. The van der Waals surface area contributed by atoms with E-state index in [1.807, 2.05) is 13.8 Å². The molecule has 0 spiro atoms. The van der Waals surface area contributed by atoms with E-state index in [2.05, 4.69) is 0 Å². The molecule has 1 aromatic carbocycles. The number of rotatable bonds is 3. The number of anilines is 1. The van der Waals surface area contributed by atoms with Gasteiger partial charge in [0.2, 0.25) is 0 Å². The lowest BCUT2D eigenvalue weighted by molar-refractivity contribution is 0.615. The molecule has 2 nitrogen and oxygen atoms in total. The minimum atomic E-state index is -1.02. The maximum Gasteiger partial charge on any atom is 0.129 e. The third-order valence-electron chi connectivity index (χ3n) is 1.90. The molecule has 1 aromatic rings. The Bertz CT molecular complexity index is 352. The van der Waals surface area contributed by atoms with Crippen LogP contribution in [0.1, 0.15) is 19.4 Å². The van der Waals surface area contributed by atoms with Gasteiger partial charge in [-0.05, 0) is 12.1 Å². The first kappa shape index (κ1) is 11.2. The van der Waals surface area contributed by atoms with Gasteiger partial charge in [-0.1, -0.05) is 19.9 Å². The summed E-state index contributed by atoms with van der Waals surface area (Å²) in [4.78, 5) is 0. The van der Waals surface area contributed by atoms with Gasteiger partial charge in [-0.3, -0.25) is 4.21 Å². The van der Waals surface area contributed by atoms with Gasteiger partial charge < -0.3 is 5.73 Å². The van der Waals surface area contributed by atoms with Gasteiger partial charge in [-0.15, -0.1) is 0 Å². The molecule has 1 atom stereocenters. The number of nitrogen functional groups attached to an aromatic ring is 1. The van der Waals surface area contributed by atoms with Crippen molar-refractivity contribution in [1.29, 1.82) is 0 Å². The van der Waals surface area contributed by atoms with Crippen molar-refractivity contribution in [3.8, 4) is 0 Å². The van der Waals surface area contributed by atoms with Crippen LogP contribution >= 0.6 is 0 Å². The molecule has 0 aromatic heterocycles. The van der Waals surface area contributed by atoms with Crippen molar-refractivity contribution in [2.24, 2.45) is 0 Å². The minimum absolute atomic E-state index is 0.0481. The van der Waals surface area contributed by atoms with Crippen LogP contribution in [-0.2, 0) is 16.6 Å². The highest BCUT2D eigenvalue weighted by Gasteiger charge is 2.09. The van der Waals surface area contributed by atoms with Gasteiger partial charge in [-0.2, -0.15) is 0 Å². The average molecular weight is 215 g/mol. The van der Waals surface area contributed by atoms with Gasteiger partial charge in [0, 0.05) is 27.3 Å². The number of hydrogen-bond acceptors (Lipinski definition) is 2. The van der Waals surface area contributed by atoms with Crippen LogP contribution in [0.25, 0.3) is 0 Å². The van der Waals surface area contributed by atoms with Crippen LogP contribution in [0, 0.1) is 5.82 Å². The van der Waals surface area contributed by atoms with Crippen molar-refractivity contribution in [2.45, 2.75) is 24.9 Å². The van der Waals surface area contributed by atoms with E-state index in [1.54, 1.807) is 12.1 Å². The molecule has 1 unspecified atom stereocenters. The van der Waals surface area contributed by atoms with E-state index in [-0.39, 0.29) is 16.8 Å². The zero-order valence-corrected chi connectivity index (χ0v) is 9.10. The number of hydrogen-bond donors (Lipinski definition) is 1. The lowest BCUT2D eigenvalue weighted by atomic mass is 10.2. The molecule has 0 saturated heterocycles. The number of benzene rings is 1. The Morgan fingerprint density at radius 3 is 2.64 bits per heavy atom. The maximum absolute atomic E-state index is 13.3. The van der Waals surface area contributed by atoms with E-state index in [1.165, 1.54) is 6.07 Å². The van der Waals surface area contributed by atoms with E-state index >= 15 is 0 Å². The Morgan fingerprint density at radius 2 is 2.14 bits per heavy atom. The average Bonchev–Trinajstić information content (AvgIpc) is 2.09. The van der Waals surface area contributed by atoms with E-state index in [9.17, 15) is 8.60 Å². The van der Waals surface area contributed by atoms with Gasteiger partial charge in [0.15, 0.2) is 0 Å². The lowest BCUT2D eigenvalue weighted by Crippen LogP contribution is -2.09. The zero-order chi connectivity index (χ0) is 10.7. The quantitative estimate of drug-likeness (QED) is 0.784. The molecule has 4 heteroatoms. The molecule has 78 valence electrons. The zero-order valence-electron chi connectivity index (χ0n) is 8.29. The highest BCUT2D eigenvalue weighted by molar-refractivity contribution is 7.84. The van der Waals surface area contributed by atoms with Crippen molar-refractivity contribution in [3.63, 3.8) is 0 Å². The van der Waals surface area contributed by atoms with Crippen LogP contribution < -0.4 is 5.73 Å². The van der Waals surface area contributed by atoms with E-state index in [4.69, 9.17) is 5.73 Å². The molecule has 0 fully saturated rings. The number of halogens is 1. The molecule has 0 heterocycles. The van der Waals surface area contributed by atoms with Gasteiger partial charge in [0.25, 0.3) is 0 Å². The normalized spacial score (nSPS) is 13.1. The number of nitrogens with two attached hydrogens (primary N) is 1. The fourth-order valence-corrected chi connectivity index (χ4v) is 1.87. The smallest absolute Gasteiger partial charge is 0.129 e. The summed E-state index contributed by atoms with van der Waals surface area (Å²) < 4.78 is 24.7. The summed E-state index contributed by atoms with van der Waals surface area (Å²) in [6, 6.07) is 4.47. The largest absolute Gasteiger partial charge is 0.399 e. The van der Waals surface area contributed by atoms with Crippen molar-refractivity contribution in [1.82, 2.24) is 0 Å².